The Morgan fingerprint density at radius 3 is 2.40 bits per heavy atom. The molecule has 2 aromatic carbocycles. The molecule has 0 amide bonds. The fourth-order valence-electron chi connectivity index (χ4n) is 1.83. The molecule has 0 aromatic heterocycles. The molecule has 0 saturated heterocycles. The van der Waals surface area contributed by atoms with E-state index in [0.29, 0.717) is 27.1 Å². The molecule has 0 spiro atoms. The molecule has 0 aliphatic carbocycles. The molecule has 0 saturated carbocycles. The first-order valence-corrected chi connectivity index (χ1v) is 7.59. The fourth-order valence-corrected chi connectivity index (χ4v) is 3.05. The molecule has 0 bridgehead atoms. The zero-order chi connectivity index (χ0) is 14.7. The van der Waals surface area contributed by atoms with Crippen LogP contribution in [0.2, 0.25) is 5.02 Å². The number of nitrogens with two attached hydrogens (primary N) is 1. The van der Waals surface area contributed by atoms with Crippen molar-refractivity contribution in [3.8, 4) is 0 Å². The highest BCUT2D eigenvalue weighted by Crippen LogP contribution is 2.30. The third-order valence-electron chi connectivity index (χ3n) is 2.72. The number of rotatable bonds is 4. The highest BCUT2D eigenvalue weighted by atomic mass is 35.5. The van der Waals surface area contributed by atoms with Crippen molar-refractivity contribution >= 4 is 34.8 Å². The van der Waals surface area contributed by atoms with Crippen molar-refractivity contribution in [1.29, 1.82) is 0 Å². The average molecular weight is 306 g/mol. The first-order valence-electron chi connectivity index (χ1n) is 6.34. The number of carbonyl (C=O) groups is 1. The van der Waals surface area contributed by atoms with E-state index in [4.69, 9.17) is 17.3 Å². The lowest BCUT2D eigenvalue weighted by atomic mass is 10.0. The molecule has 2 nitrogen and oxygen atoms in total. The van der Waals surface area contributed by atoms with Gasteiger partial charge in [-0.05, 0) is 42.5 Å². The highest BCUT2D eigenvalue weighted by molar-refractivity contribution is 8.00. The fraction of sp³-hybridized carbons (Fsp3) is 0.188. The van der Waals surface area contributed by atoms with Gasteiger partial charge in [0.2, 0.25) is 0 Å². The van der Waals surface area contributed by atoms with Crippen LogP contribution in [0, 0.1) is 0 Å². The second-order valence-electron chi connectivity index (χ2n) is 4.76. The maximum atomic E-state index is 12.6. The van der Waals surface area contributed by atoms with Crippen LogP contribution < -0.4 is 5.73 Å². The van der Waals surface area contributed by atoms with E-state index >= 15 is 0 Å². The van der Waals surface area contributed by atoms with Crippen LogP contribution in [0.4, 0.5) is 5.69 Å². The molecule has 104 valence electrons. The molecule has 0 aliphatic heterocycles. The number of halogens is 1. The van der Waals surface area contributed by atoms with Crippen LogP contribution >= 0.6 is 23.4 Å². The van der Waals surface area contributed by atoms with Crippen LogP contribution in [0.25, 0.3) is 0 Å². The Morgan fingerprint density at radius 1 is 1.15 bits per heavy atom. The van der Waals surface area contributed by atoms with Gasteiger partial charge in [0.15, 0.2) is 5.78 Å². The summed E-state index contributed by atoms with van der Waals surface area (Å²) in [6, 6.07) is 12.3. The molecule has 4 heteroatoms. The van der Waals surface area contributed by atoms with Crippen molar-refractivity contribution < 1.29 is 4.79 Å². The Morgan fingerprint density at radius 2 is 1.80 bits per heavy atom. The third kappa shape index (κ3) is 3.56. The van der Waals surface area contributed by atoms with Crippen LogP contribution in [0.5, 0.6) is 0 Å². The van der Waals surface area contributed by atoms with Gasteiger partial charge in [-0.25, -0.2) is 0 Å². The molecule has 0 fully saturated rings. The molecule has 0 unspecified atom stereocenters. The van der Waals surface area contributed by atoms with E-state index in [-0.39, 0.29) is 5.78 Å². The van der Waals surface area contributed by atoms with Gasteiger partial charge in [-0.1, -0.05) is 25.4 Å². The summed E-state index contributed by atoms with van der Waals surface area (Å²) in [7, 11) is 0. The van der Waals surface area contributed by atoms with Gasteiger partial charge in [0.25, 0.3) is 0 Å². The van der Waals surface area contributed by atoms with Crippen LogP contribution in [-0.4, -0.2) is 11.0 Å². The Hall–Kier alpha value is -1.45. The molecule has 20 heavy (non-hydrogen) atoms. The van der Waals surface area contributed by atoms with E-state index in [1.165, 1.54) is 0 Å². The number of benzene rings is 2. The molecule has 2 aromatic rings. The molecule has 0 aliphatic rings. The number of ketones is 1. The third-order valence-corrected chi connectivity index (χ3v) is 4.02. The summed E-state index contributed by atoms with van der Waals surface area (Å²) in [5.74, 6) is -0.00943. The molecule has 0 radical (unpaired) electrons. The van der Waals surface area contributed by atoms with Crippen LogP contribution in [0.3, 0.4) is 0 Å². The van der Waals surface area contributed by atoms with Crippen LogP contribution in [0.1, 0.15) is 29.8 Å². The summed E-state index contributed by atoms with van der Waals surface area (Å²) in [5, 5.41) is 1.02. The van der Waals surface area contributed by atoms with Crippen molar-refractivity contribution in [1.82, 2.24) is 0 Å². The SMILES string of the molecule is CC(C)Sc1cc(Cl)ccc1C(=O)c1ccc(N)cc1. The molecule has 2 rings (SSSR count). The minimum atomic E-state index is -0.00943. The van der Waals surface area contributed by atoms with Gasteiger partial charge < -0.3 is 5.73 Å². The van der Waals surface area contributed by atoms with E-state index in [1.54, 1.807) is 48.2 Å². The van der Waals surface area contributed by atoms with E-state index < -0.39 is 0 Å². The first-order chi connectivity index (χ1) is 9.47. The number of thioether (sulfide) groups is 1. The summed E-state index contributed by atoms with van der Waals surface area (Å²) >= 11 is 7.67. The Bertz CT molecular complexity index is 623. The number of anilines is 1. The number of hydrogen-bond acceptors (Lipinski definition) is 3. The van der Waals surface area contributed by atoms with Gasteiger partial charge in [0.1, 0.15) is 0 Å². The van der Waals surface area contributed by atoms with Gasteiger partial charge in [-0.3, -0.25) is 4.79 Å². The summed E-state index contributed by atoms with van der Waals surface area (Å²) in [6.07, 6.45) is 0. The Kier molecular flexibility index (Phi) is 4.73. The van der Waals surface area contributed by atoms with Crippen molar-refractivity contribution in [2.24, 2.45) is 0 Å². The lowest BCUT2D eigenvalue weighted by Gasteiger charge is -2.11. The zero-order valence-corrected chi connectivity index (χ0v) is 13.0. The lowest BCUT2D eigenvalue weighted by Crippen LogP contribution is -2.04. The van der Waals surface area contributed by atoms with Crippen molar-refractivity contribution in [2.75, 3.05) is 5.73 Å². The Labute approximate surface area is 128 Å². The summed E-state index contributed by atoms with van der Waals surface area (Å²) in [5.41, 5.74) is 7.61. The molecular formula is C16H16ClNOS. The molecule has 0 atom stereocenters. The lowest BCUT2D eigenvalue weighted by molar-refractivity contribution is 0.103. The predicted molar refractivity (Wildman–Crippen MR) is 86.7 cm³/mol. The topological polar surface area (TPSA) is 43.1 Å². The van der Waals surface area contributed by atoms with E-state index in [1.807, 2.05) is 6.07 Å². The van der Waals surface area contributed by atoms with Gasteiger partial charge >= 0.3 is 0 Å². The van der Waals surface area contributed by atoms with E-state index in [2.05, 4.69) is 13.8 Å². The quantitative estimate of drug-likeness (QED) is 0.508. The van der Waals surface area contributed by atoms with Gasteiger partial charge in [0, 0.05) is 32.0 Å². The molecule has 2 N–H and O–H groups in total. The zero-order valence-electron chi connectivity index (χ0n) is 11.4. The van der Waals surface area contributed by atoms with E-state index in [9.17, 15) is 4.79 Å². The van der Waals surface area contributed by atoms with Crippen LogP contribution in [-0.2, 0) is 0 Å². The normalized spacial score (nSPS) is 10.8. The van der Waals surface area contributed by atoms with Crippen LogP contribution in [0.15, 0.2) is 47.4 Å². The largest absolute Gasteiger partial charge is 0.399 e. The summed E-state index contributed by atoms with van der Waals surface area (Å²) in [4.78, 5) is 13.5. The van der Waals surface area contributed by atoms with E-state index in [0.717, 1.165) is 4.90 Å². The maximum absolute atomic E-state index is 12.6. The highest BCUT2D eigenvalue weighted by Gasteiger charge is 2.15. The summed E-state index contributed by atoms with van der Waals surface area (Å²) < 4.78 is 0. The van der Waals surface area contributed by atoms with Gasteiger partial charge in [-0.15, -0.1) is 11.8 Å². The van der Waals surface area contributed by atoms with Crippen molar-refractivity contribution in [3.63, 3.8) is 0 Å². The average Bonchev–Trinajstić information content (AvgIpc) is 2.38. The second-order valence-corrected chi connectivity index (χ2v) is 6.81. The van der Waals surface area contributed by atoms with Crippen molar-refractivity contribution in [2.45, 2.75) is 24.0 Å². The predicted octanol–water partition coefficient (Wildman–Crippen LogP) is 4.65. The first kappa shape index (κ1) is 14.9. The number of hydrogen-bond donors (Lipinski definition) is 1. The van der Waals surface area contributed by atoms with Gasteiger partial charge in [0.05, 0.1) is 0 Å². The number of nitrogen functional groups attached to an aromatic ring is 1. The monoisotopic (exact) mass is 305 g/mol. The van der Waals surface area contributed by atoms with Crippen molar-refractivity contribution in [3.05, 3.63) is 58.6 Å². The molecular weight excluding hydrogens is 290 g/mol. The molecule has 0 heterocycles. The second kappa shape index (κ2) is 6.33. The number of carbonyl (C=O) groups excluding carboxylic acids is 1. The smallest absolute Gasteiger partial charge is 0.194 e. The maximum Gasteiger partial charge on any atom is 0.194 e. The minimum Gasteiger partial charge on any atom is -0.399 e. The standard InChI is InChI=1S/C16H16ClNOS/c1-10(2)20-15-9-12(17)5-8-14(15)16(19)11-3-6-13(18)7-4-11/h3-10H,18H2,1-2H3. The van der Waals surface area contributed by atoms with Gasteiger partial charge in [-0.2, -0.15) is 0 Å². The summed E-state index contributed by atoms with van der Waals surface area (Å²) in [6.45, 7) is 4.17. The minimum absolute atomic E-state index is 0.00943. The Balaban J connectivity index is 2.40.